The molecule has 6 heteroatoms. The van der Waals surface area contributed by atoms with E-state index in [4.69, 9.17) is 9.40 Å². The summed E-state index contributed by atoms with van der Waals surface area (Å²) < 4.78 is 5.52. The lowest BCUT2D eigenvalue weighted by molar-refractivity contribution is 0.0744. The largest absolute Gasteiger partial charge is 0.466 e. The topological polar surface area (TPSA) is 62.5 Å². The number of carbonyl (C=O) groups excluding carboxylic acids is 1. The zero-order valence-corrected chi connectivity index (χ0v) is 19.0. The van der Waals surface area contributed by atoms with E-state index in [9.17, 15) is 4.79 Å². The monoisotopic (exact) mass is 418 g/mol. The molecule has 1 aliphatic heterocycles. The van der Waals surface area contributed by atoms with E-state index in [2.05, 4.69) is 54.9 Å². The molecule has 0 saturated carbocycles. The van der Waals surface area contributed by atoms with Crippen LogP contribution in [0.25, 0.3) is 11.3 Å². The highest BCUT2D eigenvalue weighted by atomic mass is 16.3. The third kappa shape index (κ3) is 4.48. The minimum atomic E-state index is 0.0302. The lowest BCUT2D eigenvalue weighted by Crippen LogP contribution is -2.49. The average molecular weight is 419 g/mol. The van der Waals surface area contributed by atoms with Crippen LogP contribution < -0.4 is 4.90 Å². The Labute approximate surface area is 183 Å². The molecule has 1 aromatic carbocycles. The second-order valence-electron chi connectivity index (χ2n) is 9.18. The lowest BCUT2D eigenvalue weighted by Gasteiger charge is -2.34. The first-order valence-corrected chi connectivity index (χ1v) is 10.8. The molecule has 0 spiro atoms. The Hall–Kier alpha value is -3.15. The number of benzene rings is 1. The molecule has 31 heavy (non-hydrogen) atoms. The van der Waals surface area contributed by atoms with Crippen molar-refractivity contribution >= 4 is 11.9 Å². The van der Waals surface area contributed by atoms with Crippen molar-refractivity contribution in [3.63, 3.8) is 0 Å². The minimum absolute atomic E-state index is 0.0302. The molecule has 1 saturated heterocycles. The summed E-state index contributed by atoms with van der Waals surface area (Å²) in [6, 6.07) is 12.3. The fourth-order valence-electron chi connectivity index (χ4n) is 3.93. The molecule has 162 valence electrons. The van der Waals surface area contributed by atoms with Crippen molar-refractivity contribution in [3.8, 4) is 11.3 Å². The summed E-state index contributed by atoms with van der Waals surface area (Å²) in [6.45, 7) is 13.0. The number of aryl methyl sites for hydroxylation is 2. The quantitative estimate of drug-likeness (QED) is 0.621. The smallest absolute Gasteiger partial charge is 0.257 e. The van der Waals surface area contributed by atoms with Gasteiger partial charge in [-0.1, -0.05) is 45.0 Å². The van der Waals surface area contributed by atoms with Gasteiger partial charge in [0.1, 0.15) is 11.5 Å². The van der Waals surface area contributed by atoms with Crippen LogP contribution in [0.5, 0.6) is 0 Å². The second kappa shape index (κ2) is 8.17. The zero-order chi connectivity index (χ0) is 22.2. The van der Waals surface area contributed by atoms with Gasteiger partial charge in [-0.25, -0.2) is 9.97 Å². The number of furan rings is 1. The van der Waals surface area contributed by atoms with Crippen molar-refractivity contribution in [1.82, 2.24) is 14.9 Å². The van der Waals surface area contributed by atoms with E-state index in [1.807, 2.05) is 37.1 Å². The van der Waals surface area contributed by atoms with Crippen LogP contribution in [0.15, 0.2) is 47.0 Å². The van der Waals surface area contributed by atoms with Gasteiger partial charge in [0, 0.05) is 37.9 Å². The van der Waals surface area contributed by atoms with Crippen molar-refractivity contribution < 1.29 is 9.21 Å². The number of anilines is 1. The van der Waals surface area contributed by atoms with Gasteiger partial charge < -0.3 is 14.2 Å². The van der Waals surface area contributed by atoms with Crippen molar-refractivity contribution in [2.24, 2.45) is 0 Å². The SMILES string of the molecule is Cc1cc(C(=O)N2CCN(c3nccc(-c4ccc(C(C)(C)C)cc4)n3)CC2)c(C)o1. The molecule has 1 fully saturated rings. The number of hydrogen-bond donors (Lipinski definition) is 0. The molecule has 0 atom stereocenters. The molecule has 0 N–H and O–H groups in total. The van der Waals surface area contributed by atoms with Crippen molar-refractivity contribution in [1.29, 1.82) is 0 Å². The van der Waals surface area contributed by atoms with Crippen LogP contribution in [0.2, 0.25) is 0 Å². The molecule has 2 aromatic heterocycles. The molecule has 0 aliphatic carbocycles. The summed E-state index contributed by atoms with van der Waals surface area (Å²) in [5.74, 6) is 2.18. The summed E-state index contributed by atoms with van der Waals surface area (Å²) in [6.07, 6.45) is 1.81. The highest BCUT2D eigenvalue weighted by Crippen LogP contribution is 2.26. The number of rotatable bonds is 3. The minimum Gasteiger partial charge on any atom is -0.466 e. The maximum atomic E-state index is 12.8. The van der Waals surface area contributed by atoms with Gasteiger partial charge in [-0.05, 0) is 37.0 Å². The highest BCUT2D eigenvalue weighted by Gasteiger charge is 2.26. The molecular formula is C25H30N4O2. The summed E-state index contributed by atoms with van der Waals surface area (Å²) >= 11 is 0. The van der Waals surface area contributed by atoms with E-state index in [-0.39, 0.29) is 11.3 Å². The van der Waals surface area contributed by atoms with Gasteiger partial charge in [-0.2, -0.15) is 0 Å². The molecule has 1 amide bonds. The van der Waals surface area contributed by atoms with Crippen LogP contribution in [0.3, 0.4) is 0 Å². The molecule has 6 nitrogen and oxygen atoms in total. The van der Waals surface area contributed by atoms with Crippen LogP contribution in [0, 0.1) is 13.8 Å². The Balaban J connectivity index is 1.45. The van der Waals surface area contributed by atoms with Crippen molar-refractivity contribution in [2.45, 2.75) is 40.0 Å². The summed E-state index contributed by atoms with van der Waals surface area (Å²) in [4.78, 5) is 26.1. The lowest BCUT2D eigenvalue weighted by atomic mass is 9.86. The first-order chi connectivity index (χ1) is 14.7. The molecule has 3 aromatic rings. The van der Waals surface area contributed by atoms with Gasteiger partial charge in [0.05, 0.1) is 11.3 Å². The summed E-state index contributed by atoms with van der Waals surface area (Å²) in [7, 11) is 0. The Kier molecular flexibility index (Phi) is 5.56. The number of amides is 1. The van der Waals surface area contributed by atoms with Crippen LogP contribution in [0.1, 0.15) is 48.2 Å². The number of piperazine rings is 1. The van der Waals surface area contributed by atoms with Gasteiger partial charge >= 0.3 is 0 Å². The van der Waals surface area contributed by atoms with Gasteiger partial charge in [0.15, 0.2) is 0 Å². The van der Waals surface area contributed by atoms with E-state index < -0.39 is 0 Å². The standard InChI is InChI=1S/C25H30N4O2/c1-17-16-21(18(2)31-17)23(30)28-12-14-29(15-13-28)24-26-11-10-22(27-24)19-6-8-20(9-7-19)25(3,4)5/h6-11,16H,12-15H2,1-5H3. The van der Waals surface area contributed by atoms with E-state index in [0.29, 0.717) is 43.5 Å². The Morgan fingerprint density at radius 3 is 2.26 bits per heavy atom. The summed E-state index contributed by atoms with van der Waals surface area (Å²) in [5, 5.41) is 0. The third-order valence-electron chi connectivity index (χ3n) is 5.81. The number of hydrogen-bond acceptors (Lipinski definition) is 5. The van der Waals surface area contributed by atoms with E-state index in [1.165, 1.54) is 5.56 Å². The first-order valence-electron chi connectivity index (χ1n) is 10.8. The molecule has 4 rings (SSSR count). The van der Waals surface area contributed by atoms with Gasteiger partial charge in [0.25, 0.3) is 5.91 Å². The molecule has 0 unspecified atom stereocenters. The first kappa shape index (κ1) is 21.1. The maximum Gasteiger partial charge on any atom is 0.257 e. The van der Waals surface area contributed by atoms with Crippen LogP contribution in [0.4, 0.5) is 5.95 Å². The molecule has 3 heterocycles. The predicted molar refractivity (Wildman–Crippen MR) is 122 cm³/mol. The van der Waals surface area contributed by atoms with Gasteiger partial charge in [0.2, 0.25) is 5.95 Å². The molecule has 0 bridgehead atoms. The third-order valence-corrected chi connectivity index (χ3v) is 5.81. The Morgan fingerprint density at radius 2 is 1.68 bits per heavy atom. The number of nitrogens with zero attached hydrogens (tertiary/aromatic N) is 4. The highest BCUT2D eigenvalue weighted by molar-refractivity contribution is 5.95. The normalized spacial score (nSPS) is 14.7. The van der Waals surface area contributed by atoms with Crippen LogP contribution in [-0.4, -0.2) is 47.0 Å². The number of aromatic nitrogens is 2. The molecule has 1 aliphatic rings. The Morgan fingerprint density at radius 1 is 1.00 bits per heavy atom. The second-order valence-corrected chi connectivity index (χ2v) is 9.18. The predicted octanol–water partition coefficient (Wildman–Crippen LogP) is 4.61. The summed E-state index contributed by atoms with van der Waals surface area (Å²) in [5.41, 5.74) is 4.07. The Bertz CT molecular complexity index is 1070. The fraction of sp³-hybridized carbons (Fsp3) is 0.400. The molecular weight excluding hydrogens is 388 g/mol. The zero-order valence-electron chi connectivity index (χ0n) is 19.0. The van der Waals surface area contributed by atoms with Crippen LogP contribution in [-0.2, 0) is 5.41 Å². The van der Waals surface area contributed by atoms with Crippen molar-refractivity contribution in [2.75, 3.05) is 31.1 Å². The molecule has 0 radical (unpaired) electrons. The fourth-order valence-corrected chi connectivity index (χ4v) is 3.93. The van der Waals surface area contributed by atoms with Gasteiger partial charge in [-0.15, -0.1) is 0 Å². The van der Waals surface area contributed by atoms with Crippen molar-refractivity contribution in [3.05, 3.63) is 65.2 Å². The van der Waals surface area contributed by atoms with Crippen LogP contribution >= 0.6 is 0 Å². The van der Waals surface area contributed by atoms with Gasteiger partial charge in [-0.3, -0.25) is 4.79 Å². The number of carbonyl (C=O) groups is 1. The van der Waals surface area contributed by atoms with E-state index in [1.54, 1.807) is 0 Å². The van der Waals surface area contributed by atoms with E-state index in [0.717, 1.165) is 17.0 Å². The van der Waals surface area contributed by atoms with E-state index >= 15 is 0 Å². The average Bonchev–Trinajstić information content (AvgIpc) is 3.11. The maximum absolute atomic E-state index is 12.8.